The third kappa shape index (κ3) is 2.82. The Kier molecular flexibility index (Phi) is 3.78. The largest absolute Gasteiger partial charge is 0.463 e. The summed E-state index contributed by atoms with van der Waals surface area (Å²) in [4.78, 5) is 13.2. The first kappa shape index (κ1) is 16.8. The lowest BCUT2D eigenvalue weighted by Gasteiger charge is -2.61. The molecule has 2 aromatic rings. The van der Waals surface area contributed by atoms with Crippen LogP contribution in [0, 0.1) is 24.2 Å². The van der Waals surface area contributed by atoms with Gasteiger partial charge in [-0.25, -0.2) is 5.43 Å². The first-order chi connectivity index (χ1) is 13.1. The minimum atomic E-state index is -0.268. The van der Waals surface area contributed by atoms with E-state index >= 15 is 0 Å². The summed E-state index contributed by atoms with van der Waals surface area (Å²) in [6.07, 6.45) is 9.92. The molecule has 1 N–H and O–H groups in total. The summed E-state index contributed by atoms with van der Waals surface area (Å²) < 4.78 is 5.25. The van der Waals surface area contributed by atoms with Gasteiger partial charge in [-0.05, 0) is 80.4 Å². The highest BCUT2D eigenvalue weighted by atomic mass is 16.3. The number of hydrogen-bond donors (Lipinski definition) is 1. The van der Waals surface area contributed by atoms with Crippen LogP contribution in [-0.4, -0.2) is 12.1 Å². The second-order valence-corrected chi connectivity index (χ2v) is 9.10. The second kappa shape index (κ2) is 6.08. The van der Waals surface area contributed by atoms with Crippen molar-refractivity contribution in [2.45, 2.75) is 50.9 Å². The molecule has 4 aliphatic rings. The first-order valence-electron chi connectivity index (χ1n) is 10.0. The third-order valence-electron chi connectivity index (χ3n) is 7.11. The number of nitrogens with zero attached hydrogens (tertiary/aromatic N) is 1. The van der Waals surface area contributed by atoms with Crippen molar-refractivity contribution in [3.63, 3.8) is 0 Å². The molecule has 6 rings (SSSR count). The molecule has 1 heterocycles. The molecule has 0 radical (unpaired) electrons. The Bertz CT molecular complexity index is 852. The van der Waals surface area contributed by atoms with Crippen LogP contribution >= 0.6 is 0 Å². The minimum Gasteiger partial charge on any atom is -0.463 e. The molecule has 4 heteroatoms. The Hall–Kier alpha value is -2.36. The van der Waals surface area contributed by atoms with Crippen LogP contribution in [0.3, 0.4) is 0 Å². The summed E-state index contributed by atoms with van der Waals surface area (Å²) in [6.45, 7) is 2.13. The van der Waals surface area contributed by atoms with Gasteiger partial charge in [-0.1, -0.05) is 29.8 Å². The number of rotatable bonds is 4. The quantitative estimate of drug-likeness (QED) is 0.639. The normalized spacial score (nSPS) is 34.3. The zero-order valence-electron chi connectivity index (χ0n) is 15.8. The summed E-state index contributed by atoms with van der Waals surface area (Å²) in [5.74, 6) is 2.06. The van der Waals surface area contributed by atoms with Gasteiger partial charge in [0.2, 0.25) is 5.91 Å². The smallest absolute Gasteiger partial charge is 0.246 e. The van der Waals surface area contributed by atoms with E-state index in [4.69, 9.17) is 4.42 Å². The van der Waals surface area contributed by atoms with Crippen LogP contribution in [0.2, 0.25) is 0 Å². The van der Waals surface area contributed by atoms with E-state index in [0.29, 0.717) is 17.6 Å². The number of aryl methyl sites for hydroxylation is 1. The van der Waals surface area contributed by atoms with Crippen LogP contribution in [-0.2, 0) is 10.2 Å². The van der Waals surface area contributed by atoms with Gasteiger partial charge in [0.1, 0.15) is 5.76 Å². The maximum atomic E-state index is 13.2. The van der Waals surface area contributed by atoms with E-state index in [2.05, 4.69) is 41.7 Å². The van der Waals surface area contributed by atoms with Crippen molar-refractivity contribution in [3.05, 3.63) is 59.5 Å². The maximum Gasteiger partial charge on any atom is 0.246 e. The molecule has 1 aromatic heterocycles. The first-order valence-corrected chi connectivity index (χ1v) is 10.0. The van der Waals surface area contributed by atoms with E-state index in [0.717, 1.165) is 19.3 Å². The second-order valence-electron chi connectivity index (χ2n) is 9.10. The van der Waals surface area contributed by atoms with Gasteiger partial charge in [0.15, 0.2) is 0 Å². The van der Waals surface area contributed by atoms with Gasteiger partial charge >= 0.3 is 0 Å². The number of furan rings is 1. The Labute approximate surface area is 160 Å². The Morgan fingerprint density at radius 2 is 1.89 bits per heavy atom. The lowest BCUT2D eigenvalue weighted by molar-refractivity contribution is -0.149. The molecule has 4 nitrogen and oxygen atoms in total. The lowest BCUT2D eigenvalue weighted by Crippen LogP contribution is -2.58. The molecule has 1 aromatic carbocycles. The average Bonchev–Trinajstić information content (AvgIpc) is 3.14. The molecule has 4 aliphatic carbocycles. The van der Waals surface area contributed by atoms with Gasteiger partial charge in [0, 0.05) is 0 Å². The Balaban J connectivity index is 1.41. The summed E-state index contributed by atoms with van der Waals surface area (Å²) in [6, 6.07) is 12.7. The molecule has 27 heavy (non-hydrogen) atoms. The monoisotopic (exact) mass is 362 g/mol. The molecule has 0 spiro atoms. The SMILES string of the molecule is Cc1ccc(C23C[C@H]4C[C@@H](CC(C(=O)N/N=C\c5ccco5)(C4)C2)C3)cc1. The molecular weight excluding hydrogens is 336 g/mol. The van der Waals surface area contributed by atoms with Crippen molar-refractivity contribution in [1.29, 1.82) is 0 Å². The van der Waals surface area contributed by atoms with Crippen LogP contribution in [0.25, 0.3) is 0 Å². The summed E-state index contributed by atoms with van der Waals surface area (Å²) in [5.41, 5.74) is 5.45. The molecule has 140 valence electrons. The number of amides is 1. The van der Waals surface area contributed by atoms with Crippen molar-refractivity contribution in [2.24, 2.45) is 22.4 Å². The van der Waals surface area contributed by atoms with E-state index in [1.165, 1.54) is 30.4 Å². The highest BCUT2D eigenvalue weighted by molar-refractivity contribution is 5.85. The molecule has 0 aliphatic heterocycles. The van der Waals surface area contributed by atoms with Crippen molar-refractivity contribution in [2.75, 3.05) is 0 Å². The number of hydrogen-bond acceptors (Lipinski definition) is 3. The van der Waals surface area contributed by atoms with Crippen molar-refractivity contribution < 1.29 is 9.21 Å². The number of hydrazone groups is 1. The fourth-order valence-corrected chi connectivity index (χ4v) is 6.41. The van der Waals surface area contributed by atoms with Gasteiger partial charge < -0.3 is 4.42 Å². The highest BCUT2D eigenvalue weighted by Crippen LogP contribution is 2.65. The van der Waals surface area contributed by atoms with Gasteiger partial charge in [-0.3, -0.25) is 4.79 Å². The number of carbonyl (C=O) groups excluding carboxylic acids is 1. The van der Waals surface area contributed by atoms with Crippen LogP contribution in [0.4, 0.5) is 0 Å². The van der Waals surface area contributed by atoms with Crippen LogP contribution < -0.4 is 5.43 Å². The van der Waals surface area contributed by atoms with E-state index in [1.807, 2.05) is 12.1 Å². The number of benzene rings is 1. The topological polar surface area (TPSA) is 54.6 Å². The molecule has 4 fully saturated rings. The number of carbonyl (C=O) groups is 1. The van der Waals surface area contributed by atoms with E-state index in [-0.39, 0.29) is 16.7 Å². The molecule has 1 amide bonds. The lowest BCUT2D eigenvalue weighted by atomic mass is 9.42. The van der Waals surface area contributed by atoms with Gasteiger partial charge in [0.25, 0.3) is 0 Å². The molecule has 2 atom stereocenters. The summed E-state index contributed by atoms with van der Waals surface area (Å²) in [5, 5.41) is 4.16. The van der Waals surface area contributed by atoms with Crippen molar-refractivity contribution in [1.82, 2.24) is 5.43 Å². The molecule has 0 saturated heterocycles. The van der Waals surface area contributed by atoms with Crippen molar-refractivity contribution in [3.8, 4) is 0 Å². The van der Waals surface area contributed by atoms with Crippen LogP contribution in [0.1, 0.15) is 55.4 Å². The predicted octanol–water partition coefficient (Wildman–Crippen LogP) is 4.58. The standard InChI is InChI=1S/C23H26N2O2/c1-16-4-6-19(7-5-16)22-10-17-9-18(11-22)13-23(12-17,15-22)21(26)25-24-14-20-3-2-8-27-20/h2-8,14,17-18H,9-13,15H2,1H3,(H,25,26)/b24-14-/t17-,18-,22?,23?/m1/s1. The molecule has 0 unspecified atom stereocenters. The van der Waals surface area contributed by atoms with Gasteiger partial charge in [0.05, 0.1) is 17.9 Å². The van der Waals surface area contributed by atoms with Crippen molar-refractivity contribution >= 4 is 12.1 Å². The average molecular weight is 362 g/mol. The van der Waals surface area contributed by atoms with Crippen LogP contribution in [0.5, 0.6) is 0 Å². The highest BCUT2D eigenvalue weighted by Gasteiger charge is 2.60. The predicted molar refractivity (Wildman–Crippen MR) is 104 cm³/mol. The van der Waals surface area contributed by atoms with E-state index in [1.54, 1.807) is 12.5 Å². The van der Waals surface area contributed by atoms with E-state index in [9.17, 15) is 4.79 Å². The fourth-order valence-electron chi connectivity index (χ4n) is 6.41. The summed E-state index contributed by atoms with van der Waals surface area (Å²) in [7, 11) is 0. The zero-order valence-corrected chi connectivity index (χ0v) is 15.8. The fraction of sp³-hybridized carbons (Fsp3) is 0.478. The third-order valence-corrected chi connectivity index (χ3v) is 7.11. The molecule has 4 bridgehead atoms. The van der Waals surface area contributed by atoms with Crippen LogP contribution in [0.15, 0.2) is 52.2 Å². The minimum absolute atomic E-state index is 0.0934. The molecule has 4 saturated carbocycles. The van der Waals surface area contributed by atoms with Gasteiger partial charge in [-0.15, -0.1) is 0 Å². The number of nitrogens with one attached hydrogen (secondary N) is 1. The van der Waals surface area contributed by atoms with Gasteiger partial charge in [-0.2, -0.15) is 5.10 Å². The Morgan fingerprint density at radius 1 is 1.15 bits per heavy atom. The zero-order chi connectivity index (χ0) is 18.5. The maximum absolute atomic E-state index is 13.2. The summed E-state index contributed by atoms with van der Waals surface area (Å²) >= 11 is 0. The Morgan fingerprint density at radius 3 is 2.56 bits per heavy atom. The molecular formula is C23H26N2O2. The van der Waals surface area contributed by atoms with E-state index < -0.39 is 0 Å².